The van der Waals surface area contributed by atoms with Crippen molar-refractivity contribution in [3.05, 3.63) is 48.3 Å². The molecule has 0 aliphatic rings. The van der Waals surface area contributed by atoms with Gasteiger partial charge in [0.25, 0.3) is 0 Å². The second kappa shape index (κ2) is 6.26. The number of rotatable bonds is 5. The van der Waals surface area contributed by atoms with Crippen LogP contribution in [0.25, 0.3) is 22.6 Å². The first-order valence-electron chi connectivity index (χ1n) is 7.46. The van der Waals surface area contributed by atoms with Gasteiger partial charge in [0.2, 0.25) is 13.3 Å². The predicted octanol–water partition coefficient (Wildman–Crippen LogP) is 4.59. The summed E-state index contributed by atoms with van der Waals surface area (Å²) in [6.45, 7) is 4.06. The molecule has 0 aliphatic heterocycles. The predicted molar refractivity (Wildman–Crippen MR) is 88.8 cm³/mol. The van der Waals surface area contributed by atoms with Gasteiger partial charge in [-0.15, -0.1) is 0 Å². The molecule has 1 heterocycles. The normalized spacial score (nSPS) is 14.0. The fraction of sp³-hybridized carbons (Fsp3) is 0.235. The van der Waals surface area contributed by atoms with E-state index in [9.17, 15) is 8.96 Å². The van der Waals surface area contributed by atoms with Crippen LogP contribution in [0.3, 0.4) is 0 Å². The minimum atomic E-state index is -2.86. The molecule has 0 radical (unpaired) electrons. The molecule has 0 amide bonds. The van der Waals surface area contributed by atoms with E-state index < -0.39 is 7.37 Å². The van der Waals surface area contributed by atoms with Crippen molar-refractivity contribution in [3.8, 4) is 11.5 Å². The number of halogens is 1. The summed E-state index contributed by atoms with van der Waals surface area (Å²) in [5, 5.41) is 0.633. The van der Waals surface area contributed by atoms with Crippen molar-refractivity contribution >= 4 is 23.8 Å². The molecule has 1 atom stereocenters. The number of fused-ring (bicyclic) bond motifs is 1. The summed E-state index contributed by atoms with van der Waals surface area (Å²) in [7, 11) is -2.86. The Morgan fingerprint density at radius 1 is 1.17 bits per heavy atom. The Bertz CT molecular complexity index is 873. The van der Waals surface area contributed by atoms with Crippen LogP contribution in [0.1, 0.15) is 13.8 Å². The first-order chi connectivity index (χ1) is 11.1. The Balaban J connectivity index is 2.04. The molecule has 120 valence electrons. The van der Waals surface area contributed by atoms with Gasteiger partial charge in [-0.05, 0) is 49.4 Å². The highest BCUT2D eigenvalue weighted by Crippen LogP contribution is 2.45. The van der Waals surface area contributed by atoms with Gasteiger partial charge in [-0.2, -0.15) is 0 Å². The SMILES string of the molecule is CCOP(=O)(CC)c1ccc2oc(-c3ccc(F)cc3)nc2c1. The number of benzene rings is 2. The molecule has 0 fully saturated rings. The quantitative estimate of drug-likeness (QED) is 0.641. The summed E-state index contributed by atoms with van der Waals surface area (Å²) in [5.74, 6) is 0.0904. The van der Waals surface area contributed by atoms with E-state index in [1.807, 2.05) is 13.8 Å². The molecule has 0 N–H and O–H groups in total. The van der Waals surface area contributed by atoms with E-state index in [1.54, 1.807) is 30.3 Å². The molecular weight excluding hydrogens is 316 g/mol. The lowest BCUT2D eigenvalue weighted by Crippen LogP contribution is -2.09. The maximum absolute atomic E-state index is 13.0. The van der Waals surface area contributed by atoms with E-state index in [0.29, 0.717) is 40.6 Å². The third-order valence-electron chi connectivity index (χ3n) is 3.61. The van der Waals surface area contributed by atoms with Crippen LogP contribution in [0.15, 0.2) is 46.9 Å². The van der Waals surface area contributed by atoms with Crippen LogP contribution in [-0.4, -0.2) is 17.8 Å². The molecule has 3 aromatic rings. The number of hydrogen-bond donors (Lipinski definition) is 0. The highest BCUT2D eigenvalue weighted by Gasteiger charge is 2.24. The molecule has 3 rings (SSSR count). The zero-order chi connectivity index (χ0) is 16.4. The average molecular weight is 333 g/mol. The average Bonchev–Trinajstić information content (AvgIpc) is 2.98. The van der Waals surface area contributed by atoms with Crippen molar-refractivity contribution in [2.24, 2.45) is 0 Å². The van der Waals surface area contributed by atoms with Gasteiger partial charge < -0.3 is 8.94 Å². The number of oxazole rings is 1. The zero-order valence-electron chi connectivity index (χ0n) is 13.0. The smallest absolute Gasteiger partial charge is 0.231 e. The summed E-state index contributed by atoms with van der Waals surface area (Å²) in [6.07, 6.45) is 0.426. The van der Waals surface area contributed by atoms with E-state index >= 15 is 0 Å². The summed E-state index contributed by atoms with van der Waals surface area (Å²) >= 11 is 0. The van der Waals surface area contributed by atoms with Gasteiger partial charge in [0, 0.05) is 17.0 Å². The molecule has 2 aromatic carbocycles. The topological polar surface area (TPSA) is 52.3 Å². The van der Waals surface area contributed by atoms with Crippen LogP contribution in [0.2, 0.25) is 0 Å². The van der Waals surface area contributed by atoms with Gasteiger partial charge in [-0.1, -0.05) is 6.92 Å². The van der Waals surface area contributed by atoms with Gasteiger partial charge in [-0.3, -0.25) is 4.57 Å². The highest BCUT2D eigenvalue weighted by molar-refractivity contribution is 7.66. The molecule has 4 nitrogen and oxygen atoms in total. The maximum Gasteiger partial charge on any atom is 0.231 e. The summed E-state index contributed by atoms with van der Waals surface area (Å²) in [5.41, 5.74) is 1.88. The van der Waals surface area contributed by atoms with E-state index in [0.717, 1.165) is 0 Å². The lowest BCUT2D eigenvalue weighted by Gasteiger charge is -2.15. The minimum Gasteiger partial charge on any atom is -0.436 e. The van der Waals surface area contributed by atoms with E-state index in [2.05, 4.69) is 4.98 Å². The van der Waals surface area contributed by atoms with Crippen LogP contribution in [-0.2, 0) is 9.09 Å². The van der Waals surface area contributed by atoms with Gasteiger partial charge >= 0.3 is 0 Å². The Morgan fingerprint density at radius 3 is 2.57 bits per heavy atom. The summed E-state index contributed by atoms with van der Waals surface area (Å²) < 4.78 is 37.0. The Hall–Kier alpha value is -1.97. The zero-order valence-corrected chi connectivity index (χ0v) is 13.8. The van der Waals surface area contributed by atoms with Crippen LogP contribution < -0.4 is 5.30 Å². The fourth-order valence-electron chi connectivity index (χ4n) is 2.40. The molecule has 0 saturated carbocycles. The van der Waals surface area contributed by atoms with Crippen molar-refractivity contribution in [3.63, 3.8) is 0 Å². The molecule has 23 heavy (non-hydrogen) atoms. The lowest BCUT2D eigenvalue weighted by atomic mass is 10.2. The number of aromatic nitrogens is 1. The molecule has 1 aromatic heterocycles. The fourth-order valence-corrected chi connectivity index (χ4v) is 4.14. The lowest BCUT2D eigenvalue weighted by molar-refractivity contribution is 0.341. The number of nitrogens with zero attached hydrogens (tertiary/aromatic N) is 1. The van der Waals surface area contributed by atoms with Crippen molar-refractivity contribution in [1.82, 2.24) is 4.98 Å². The second-order valence-electron chi connectivity index (χ2n) is 5.09. The van der Waals surface area contributed by atoms with Gasteiger partial charge in [0.15, 0.2) is 5.58 Å². The van der Waals surface area contributed by atoms with Gasteiger partial charge in [0.1, 0.15) is 11.3 Å². The maximum atomic E-state index is 13.0. The molecular formula is C17H17FNO3P. The molecule has 0 spiro atoms. The monoisotopic (exact) mass is 333 g/mol. The molecule has 1 unspecified atom stereocenters. The first kappa shape index (κ1) is 15.9. The highest BCUT2D eigenvalue weighted by atomic mass is 31.2. The minimum absolute atomic E-state index is 0.312. The van der Waals surface area contributed by atoms with Crippen molar-refractivity contribution < 1.29 is 17.9 Å². The molecule has 0 bridgehead atoms. The molecule has 0 aliphatic carbocycles. The van der Waals surface area contributed by atoms with Gasteiger partial charge in [-0.25, -0.2) is 9.37 Å². The van der Waals surface area contributed by atoms with Crippen LogP contribution >= 0.6 is 7.37 Å². The third-order valence-corrected chi connectivity index (χ3v) is 6.18. The molecule has 6 heteroatoms. The largest absolute Gasteiger partial charge is 0.436 e. The second-order valence-corrected chi connectivity index (χ2v) is 7.84. The summed E-state index contributed by atoms with van der Waals surface area (Å²) in [4.78, 5) is 4.42. The van der Waals surface area contributed by atoms with Crippen molar-refractivity contribution in [2.45, 2.75) is 13.8 Å². The van der Waals surface area contributed by atoms with E-state index in [1.165, 1.54) is 12.1 Å². The van der Waals surface area contributed by atoms with E-state index in [-0.39, 0.29) is 5.82 Å². The van der Waals surface area contributed by atoms with Crippen LogP contribution in [0, 0.1) is 5.82 Å². The Morgan fingerprint density at radius 2 is 1.91 bits per heavy atom. The standard InChI is InChI=1S/C17H17FNO3P/c1-3-21-23(20,4-2)14-9-10-16-15(11-14)19-17(22-16)12-5-7-13(18)8-6-12/h5-11H,3-4H2,1-2H3. The summed E-state index contributed by atoms with van der Waals surface area (Å²) in [6, 6.07) is 11.2. The Kier molecular flexibility index (Phi) is 4.33. The van der Waals surface area contributed by atoms with Crippen molar-refractivity contribution in [1.29, 1.82) is 0 Å². The van der Waals surface area contributed by atoms with Gasteiger partial charge in [0.05, 0.1) is 6.61 Å². The molecule has 0 saturated heterocycles. The third kappa shape index (κ3) is 3.07. The van der Waals surface area contributed by atoms with Crippen LogP contribution in [0.5, 0.6) is 0 Å². The number of hydrogen-bond acceptors (Lipinski definition) is 4. The Labute approximate surface area is 133 Å². The first-order valence-corrected chi connectivity index (χ1v) is 9.27. The van der Waals surface area contributed by atoms with E-state index in [4.69, 9.17) is 8.94 Å². The van der Waals surface area contributed by atoms with Crippen LogP contribution in [0.4, 0.5) is 4.39 Å². The van der Waals surface area contributed by atoms with Crippen molar-refractivity contribution in [2.75, 3.05) is 12.8 Å².